The number of aromatic amines is 1. The monoisotopic (exact) mass is 449 g/mol. The fraction of sp³-hybridized carbons (Fsp3) is 0.211. The molecule has 0 aliphatic carbocycles. The number of anilines is 2. The normalized spacial score (nSPS) is 11.4. The van der Waals surface area contributed by atoms with Gasteiger partial charge in [-0.25, -0.2) is 18.2 Å². The van der Waals surface area contributed by atoms with E-state index in [1.165, 1.54) is 25.1 Å². The minimum Gasteiger partial charge on any atom is -0.368 e. The third kappa shape index (κ3) is 5.15. The average Bonchev–Trinajstić information content (AvgIpc) is 2.70. The number of halogens is 1. The molecule has 0 saturated carbocycles. The molecule has 0 radical (unpaired) electrons. The van der Waals surface area contributed by atoms with Crippen LogP contribution in [0.1, 0.15) is 13.3 Å². The van der Waals surface area contributed by atoms with Crippen molar-refractivity contribution < 1.29 is 13.2 Å². The first kappa shape index (κ1) is 21.8. The molecule has 158 valence electrons. The number of hydrogen-bond acceptors (Lipinski definition) is 6. The zero-order chi connectivity index (χ0) is 21.7. The standard InChI is InChI=1S/C19H20ClN5O4S/c1-12(26)23-17-8-7-13(11-16(17)20)30(28,29)22-10-4-9-21-18-14-5-2-3-6-15(14)19(27)25-24-18/h2-3,5-8,11,22H,4,9-10H2,1H3,(H,21,24)(H,23,26)(H,25,27). The van der Waals surface area contributed by atoms with Gasteiger partial charge in [-0.15, -0.1) is 0 Å². The fourth-order valence-corrected chi connectivity index (χ4v) is 4.18. The number of carbonyl (C=O) groups excluding carboxylic acids is 1. The highest BCUT2D eigenvalue weighted by atomic mass is 35.5. The van der Waals surface area contributed by atoms with Gasteiger partial charge in [-0.2, -0.15) is 5.10 Å². The minimum atomic E-state index is -3.75. The van der Waals surface area contributed by atoms with Crippen molar-refractivity contribution in [1.29, 1.82) is 0 Å². The molecule has 30 heavy (non-hydrogen) atoms. The molecule has 0 unspecified atom stereocenters. The van der Waals surface area contributed by atoms with Gasteiger partial charge in [-0.05, 0) is 30.7 Å². The smallest absolute Gasteiger partial charge is 0.272 e. The predicted molar refractivity (Wildman–Crippen MR) is 116 cm³/mol. The molecule has 0 aliphatic heterocycles. The first-order chi connectivity index (χ1) is 14.3. The number of rotatable bonds is 8. The highest BCUT2D eigenvalue weighted by Crippen LogP contribution is 2.25. The Kier molecular flexibility index (Phi) is 6.70. The van der Waals surface area contributed by atoms with E-state index >= 15 is 0 Å². The molecule has 1 aromatic heterocycles. The van der Waals surface area contributed by atoms with Gasteiger partial charge in [0.2, 0.25) is 15.9 Å². The van der Waals surface area contributed by atoms with Gasteiger partial charge in [0.25, 0.3) is 5.56 Å². The van der Waals surface area contributed by atoms with Crippen molar-refractivity contribution in [3.8, 4) is 0 Å². The Balaban J connectivity index is 1.57. The SMILES string of the molecule is CC(=O)Nc1ccc(S(=O)(=O)NCCCNc2n[nH]c(=O)c3ccccc23)cc1Cl. The van der Waals surface area contributed by atoms with Crippen molar-refractivity contribution in [3.05, 3.63) is 57.8 Å². The van der Waals surface area contributed by atoms with Crippen LogP contribution in [-0.4, -0.2) is 37.6 Å². The molecule has 0 atom stereocenters. The summed E-state index contributed by atoms with van der Waals surface area (Å²) in [6.45, 7) is 1.96. The maximum atomic E-state index is 12.4. The van der Waals surface area contributed by atoms with E-state index in [0.29, 0.717) is 35.2 Å². The highest BCUT2D eigenvalue weighted by molar-refractivity contribution is 7.89. The van der Waals surface area contributed by atoms with E-state index in [9.17, 15) is 18.0 Å². The molecule has 0 bridgehead atoms. The van der Waals surface area contributed by atoms with Crippen LogP contribution >= 0.6 is 11.6 Å². The van der Waals surface area contributed by atoms with Crippen LogP contribution in [0.5, 0.6) is 0 Å². The maximum Gasteiger partial charge on any atom is 0.272 e. The summed E-state index contributed by atoms with van der Waals surface area (Å²) in [5, 5.41) is 13.4. The van der Waals surface area contributed by atoms with Gasteiger partial charge < -0.3 is 10.6 Å². The highest BCUT2D eigenvalue weighted by Gasteiger charge is 2.15. The van der Waals surface area contributed by atoms with E-state index in [2.05, 4.69) is 25.6 Å². The largest absolute Gasteiger partial charge is 0.368 e. The molecular weight excluding hydrogens is 430 g/mol. The summed E-state index contributed by atoms with van der Waals surface area (Å²) >= 11 is 6.04. The lowest BCUT2D eigenvalue weighted by Crippen LogP contribution is -2.26. The summed E-state index contributed by atoms with van der Waals surface area (Å²) in [7, 11) is -3.75. The number of carbonyl (C=O) groups is 1. The van der Waals surface area contributed by atoms with Crippen LogP contribution in [0.3, 0.4) is 0 Å². The van der Waals surface area contributed by atoms with Crippen molar-refractivity contribution in [1.82, 2.24) is 14.9 Å². The van der Waals surface area contributed by atoms with Gasteiger partial charge >= 0.3 is 0 Å². The summed E-state index contributed by atoms with van der Waals surface area (Å²) in [4.78, 5) is 22.9. The lowest BCUT2D eigenvalue weighted by molar-refractivity contribution is -0.114. The van der Waals surface area contributed by atoms with E-state index in [0.717, 1.165) is 0 Å². The Morgan fingerprint density at radius 1 is 1.13 bits per heavy atom. The molecule has 4 N–H and O–H groups in total. The van der Waals surface area contributed by atoms with Crippen LogP contribution in [0.15, 0.2) is 52.2 Å². The van der Waals surface area contributed by atoms with Crippen LogP contribution in [0.25, 0.3) is 10.8 Å². The van der Waals surface area contributed by atoms with Crippen molar-refractivity contribution in [2.75, 3.05) is 23.7 Å². The van der Waals surface area contributed by atoms with E-state index in [4.69, 9.17) is 11.6 Å². The van der Waals surface area contributed by atoms with Gasteiger partial charge in [0, 0.05) is 25.4 Å². The third-order valence-corrected chi connectivity index (χ3v) is 5.97. The first-order valence-electron chi connectivity index (χ1n) is 9.06. The lowest BCUT2D eigenvalue weighted by Gasteiger charge is -2.11. The Morgan fingerprint density at radius 2 is 1.87 bits per heavy atom. The van der Waals surface area contributed by atoms with Crippen molar-refractivity contribution in [2.24, 2.45) is 0 Å². The first-order valence-corrected chi connectivity index (χ1v) is 10.9. The van der Waals surface area contributed by atoms with E-state index in [1.807, 2.05) is 6.07 Å². The number of hydrogen-bond donors (Lipinski definition) is 4. The van der Waals surface area contributed by atoms with E-state index in [1.54, 1.807) is 18.2 Å². The number of sulfonamides is 1. The molecule has 1 heterocycles. The summed E-state index contributed by atoms with van der Waals surface area (Å²) in [5.41, 5.74) is 0.0695. The number of fused-ring (bicyclic) bond motifs is 1. The number of nitrogens with one attached hydrogen (secondary N) is 4. The van der Waals surface area contributed by atoms with Gasteiger partial charge in [0.1, 0.15) is 0 Å². The molecule has 0 saturated heterocycles. The topological polar surface area (TPSA) is 133 Å². The summed E-state index contributed by atoms with van der Waals surface area (Å²) in [6, 6.07) is 11.2. The molecule has 9 nitrogen and oxygen atoms in total. The molecule has 0 aliphatic rings. The predicted octanol–water partition coefficient (Wildman–Crippen LogP) is 2.32. The van der Waals surface area contributed by atoms with E-state index in [-0.39, 0.29) is 27.9 Å². The second-order valence-electron chi connectivity index (χ2n) is 6.45. The van der Waals surface area contributed by atoms with E-state index < -0.39 is 10.0 Å². The molecule has 1 amide bonds. The number of nitrogens with zero attached hydrogens (tertiary/aromatic N) is 1. The average molecular weight is 450 g/mol. The van der Waals surface area contributed by atoms with Gasteiger partial charge in [0.05, 0.1) is 21.0 Å². The number of amides is 1. The number of H-pyrrole nitrogens is 1. The number of aromatic nitrogens is 2. The van der Waals surface area contributed by atoms with Crippen LogP contribution in [0.2, 0.25) is 5.02 Å². The van der Waals surface area contributed by atoms with Crippen molar-refractivity contribution >= 4 is 49.8 Å². The molecule has 11 heteroatoms. The van der Waals surface area contributed by atoms with Crippen LogP contribution < -0.4 is 20.9 Å². The third-order valence-electron chi connectivity index (χ3n) is 4.20. The summed E-state index contributed by atoms with van der Waals surface area (Å²) in [5.74, 6) is 0.219. The van der Waals surface area contributed by atoms with Gasteiger partial charge in [-0.1, -0.05) is 29.8 Å². The second kappa shape index (κ2) is 9.24. The fourth-order valence-electron chi connectivity index (χ4n) is 2.79. The molecule has 2 aromatic carbocycles. The lowest BCUT2D eigenvalue weighted by atomic mass is 10.2. The van der Waals surface area contributed by atoms with Crippen LogP contribution in [0.4, 0.5) is 11.5 Å². The Hall–Kier alpha value is -2.95. The Morgan fingerprint density at radius 3 is 2.57 bits per heavy atom. The molecule has 3 rings (SSSR count). The molecule has 0 spiro atoms. The molecular formula is C19H20ClN5O4S. The van der Waals surface area contributed by atoms with Crippen LogP contribution in [-0.2, 0) is 14.8 Å². The molecule has 3 aromatic rings. The number of benzene rings is 2. The van der Waals surface area contributed by atoms with Crippen molar-refractivity contribution in [3.63, 3.8) is 0 Å². The summed E-state index contributed by atoms with van der Waals surface area (Å²) in [6.07, 6.45) is 0.478. The van der Waals surface area contributed by atoms with Gasteiger partial charge in [-0.3, -0.25) is 9.59 Å². The Bertz CT molecular complexity index is 1240. The van der Waals surface area contributed by atoms with Gasteiger partial charge in [0.15, 0.2) is 5.82 Å². The second-order valence-corrected chi connectivity index (χ2v) is 8.62. The zero-order valence-corrected chi connectivity index (χ0v) is 17.6. The summed E-state index contributed by atoms with van der Waals surface area (Å²) < 4.78 is 27.4. The van der Waals surface area contributed by atoms with Crippen molar-refractivity contribution in [2.45, 2.75) is 18.2 Å². The van der Waals surface area contributed by atoms with Crippen LogP contribution in [0, 0.1) is 0 Å². The Labute approximate surface area is 177 Å². The molecule has 0 fully saturated rings. The minimum absolute atomic E-state index is 0.00264. The maximum absolute atomic E-state index is 12.4. The quantitative estimate of drug-likeness (QED) is 0.390. The zero-order valence-electron chi connectivity index (χ0n) is 16.0.